The number of carbonyl (C=O) groups excluding carboxylic acids is 1. The number of carbonyl (C=O) groups is 1. The molecule has 1 aliphatic heterocycles. The molecule has 5 rings (SSSR count). The standard InChI is InChI=1S/C30H50O6/c1-17-15-18(23(32)25(4,5)33)36-22-16-28(8)27(7)13-9-19-24(2,3)21(31)11-12-26(19,6)20(27)10-14-29(28,34)30(17,22)35/h17-20,22-23,32-35H,9-16H2,1-8H3/t17-,18-,19-,20+,22-,23+,26+,27-,28-,29-,30+/m1/s1. The number of aliphatic hydroxyl groups excluding tert-OH is 1. The van der Waals surface area contributed by atoms with E-state index in [4.69, 9.17) is 4.74 Å². The number of fused-ring (bicyclic) bond motifs is 7. The van der Waals surface area contributed by atoms with Crippen LogP contribution in [-0.2, 0) is 9.53 Å². The van der Waals surface area contributed by atoms with Crippen molar-refractivity contribution in [2.45, 2.75) is 142 Å². The van der Waals surface area contributed by atoms with E-state index in [1.54, 1.807) is 13.8 Å². The third kappa shape index (κ3) is 2.94. The number of hydrogen-bond donors (Lipinski definition) is 4. The molecule has 6 nitrogen and oxygen atoms in total. The van der Waals surface area contributed by atoms with E-state index in [0.717, 1.165) is 25.7 Å². The van der Waals surface area contributed by atoms with Gasteiger partial charge >= 0.3 is 0 Å². The zero-order valence-electron chi connectivity index (χ0n) is 23.7. The molecule has 5 aliphatic rings. The highest BCUT2D eigenvalue weighted by atomic mass is 16.5. The summed E-state index contributed by atoms with van der Waals surface area (Å²) >= 11 is 0. The molecule has 0 unspecified atom stereocenters. The van der Waals surface area contributed by atoms with Crippen LogP contribution in [0.15, 0.2) is 0 Å². The van der Waals surface area contributed by atoms with E-state index in [-0.39, 0.29) is 22.2 Å². The van der Waals surface area contributed by atoms with E-state index in [0.29, 0.717) is 43.3 Å². The largest absolute Gasteiger partial charge is 0.388 e. The minimum absolute atomic E-state index is 0.0112. The molecule has 0 aromatic rings. The van der Waals surface area contributed by atoms with Crippen LogP contribution < -0.4 is 0 Å². The van der Waals surface area contributed by atoms with Gasteiger partial charge in [-0.05, 0) is 87.4 Å². The molecular formula is C30H50O6. The van der Waals surface area contributed by atoms with Gasteiger partial charge in [-0.15, -0.1) is 0 Å². The Labute approximate surface area is 217 Å². The van der Waals surface area contributed by atoms with Crippen molar-refractivity contribution in [2.24, 2.45) is 39.4 Å². The molecule has 0 spiro atoms. The van der Waals surface area contributed by atoms with Crippen molar-refractivity contribution in [3.8, 4) is 0 Å². The molecule has 0 amide bonds. The number of aliphatic hydroxyl groups is 4. The lowest BCUT2D eigenvalue weighted by Gasteiger charge is -2.71. The first-order valence-corrected chi connectivity index (χ1v) is 14.3. The molecule has 0 bridgehead atoms. The van der Waals surface area contributed by atoms with Gasteiger partial charge in [0.25, 0.3) is 0 Å². The van der Waals surface area contributed by atoms with Crippen LogP contribution in [0.5, 0.6) is 0 Å². The Morgan fingerprint density at radius 2 is 1.61 bits per heavy atom. The first-order valence-electron chi connectivity index (χ1n) is 14.3. The van der Waals surface area contributed by atoms with Crippen LogP contribution in [0.2, 0.25) is 0 Å². The Morgan fingerprint density at radius 3 is 2.22 bits per heavy atom. The van der Waals surface area contributed by atoms with Gasteiger partial charge in [0.05, 0.1) is 17.8 Å². The molecule has 6 heteroatoms. The zero-order chi connectivity index (χ0) is 26.9. The van der Waals surface area contributed by atoms with Crippen LogP contribution in [0, 0.1) is 39.4 Å². The molecule has 1 heterocycles. The highest BCUT2D eigenvalue weighted by molar-refractivity contribution is 5.85. The normalized spacial score (nSPS) is 55.2. The van der Waals surface area contributed by atoms with Gasteiger partial charge in [0.1, 0.15) is 23.1 Å². The minimum atomic E-state index is -1.41. The Bertz CT molecular complexity index is 940. The van der Waals surface area contributed by atoms with Gasteiger partial charge in [-0.3, -0.25) is 4.79 Å². The highest BCUT2D eigenvalue weighted by Crippen LogP contribution is 2.77. The van der Waals surface area contributed by atoms with Crippen molar-refractivity contribution in [3.05, 3.63) is 0 Å². The van der Waals surface area contributed by atoms with Crippen LogP contribution in [0.3, 0.4) is 0 Å². The van der Waals surface area contributed by atoms with Crippen LogP contribution in [0.25, 0.3) is 0 Å². The van der Waals surface area contributed by atoms with E-state index < -0.39 is 40.5 Å². The van der Waals surface area contributed by atoms with Gasteiger partial charge < -0.3 is 25.2 Å². The molecule has 206 valence electrons. The first-order chi connectivity index (χ1) is 16.3. The van der Waals surface area contributed by atoms with Crippen molar-refractivity contribution in [3.63, 3.8) is 0 Å². The van der Waals surface area contributed by atoms with Crippen LogP contribution in [-0.4, -0.2) is 61.3 Å². The lowest BCUT2D eigenvalue weighted by Crippen LogP contribution is -2.73. The minimum Gasteiger partial charge on any atom is -0.388 e. The van der Waals surface area contributed by atoms with Crippen molar-refractivity contribution in [1.29, 1.82) is 0 Å². The third-order valence-corrected chi connectivity index (χ3v) is 13.3. The Kier molecular flexibility index (Phi) is 5.68. The fourth-order valence-electron chi connectivity index (χ4n) is 10.9. The van der Waals surface area contributed by atoms with E-state index in [1.165, 1.54) is 0 Å². The van der Waals surface area contributed by atoms with Crippen LogP contribution >= 0.6 is 0 Å². The number of rotatable bonds is 2. The predicted octanol–water partition coefficient (Wildman–Crippen LogP) is 4.01. The van der Waals surface area contributed by atoms with Gasteiger partial charge in [-0.1, -0.05) is 41.5 Å². The number of ether oxygens (including phenoxy) is 1. The summed E-state index contributed by atoms with van der Waals surface area (Å²) in [5.41, 5.74) is -5.15. The summed E-state index contributed by atoms with van der Waals surface area (Å²) in [5, 5.41) is 46.3. The van der Waals surface area contributed by atoms with Gasteiger partial charge in [-0.2, -0.15) is 0 Å². The monoisotopic (exact) mass is 506 g/mol. The molecule has 36 heavy (non-hydrogen) atoms. The van der Waals surface area contributed by atoms with E-state index in [9.17, 15) is 25.2 Å². The topological polar surface area (TPSA) is 107 Å². The van der Waals surface area contributed by atoms with Gasteiger partial charge in [0.15, 0.2) is 0 Å². The van der Waals surface area contributed by atoms with Crippen LogP contribution in [0.1, 0.15) is 107 Å². The molecule has 1 saturated heterocycles. The number of hydrogen-bond acceptors (Lipinski definition) is 6. The second-order valence-corrected chi connectivity index (χ2v) is 15.4. The summed E-state index contributed by atoms with van der Waals surface area (Å²) in [6, 6.07) is 0. The predicted molar refractivity (Wildman–Crippen MR) is 137 cm³/mol. The molecule has 11 atom stereocenters. The second kappa shape index (κ2) is 7.56. The summed E-state index contributed by atoms with van der Waals surface area (Å²) in [5.74, 6) is 0.765. The lowest BCUT2D eigenvalue weighted by molar-refractivity contribution is -0.308. The summed E-state index contributed by atoms with van der Waals surface area (Å²) in [7, 11) is 0. The van der Waals surface area contributed by atoms with Crippen LogP contribution in [0.4, 0.5) is 0 Å². The maximum Gasteiger partial charge on any atom is 0.138 e. The van der Waals surface area contributed by atoms with Crippen molar-refractivity contribution < 1.29 is 30.0 Å². The van der Waals surface area contributed by atoms with E-state index in [1.807, 2.05) is 6.92 Å². The summed E-state index contributed by atoms with van der Waals surface area (Å²) in [4.78, 5) is 12.9. The average Bonchev–Trinajstić information content (AvgIpc) is 2.95. The molecule has 0 aromatic heterocycles. The summed E-state index contributed by atoms with van der Waals surface area (Å²) in [6.45, 7) is 16.3. The molecule has 4 aliphatic carbocycles. The first kappa shape index (κ1) is 27.1. The molecule has 4 N–H and O–H groups in total. The maximum atomic E-state index is 12.9. The van der Waals surface area contributed by atoms with Crippen molar-refractivity contribution in [2.75, 3.05) is 0 Å². The smallest absolute Gasteiger partial charge is 0.138 e. The Hall–Kier alpha value is -0.530. The van der Waals surface area contributed by atoms with E-state index >= 15 is 0 Å². The lowest BCUT2D eigenvalue weighted by atomic mass is 9.34. The van der Waals surface area contributed by atoms with E-state index in [2.05, 4.69) is 34.6 Å². The molecule has 4 saturated carbocycles. The SMILES string of the molecule is C[C@@H]1C[C@H]([C@H](O)C(C)(C)O)O[C@@H]2C[C@@]3(C)[C@](O)(CC[C@H]4[C@@]5(C)CCC(=O)C(C)(C)[C@H]5CC[C@]43C)[C@]12O. The van der Waals surface area contributed by atoms with Gasteiger partial charge in [0, 0.05) is 17.3 Å². The maximum absolute atomic E-state index is 12.9. The molecule has 5 fully saturated rings. The van der Waals surface area contributed by atoms with Gasteiger partial charge in [0.2, 0.25) is 0 Å². The quantitative estimate of drug-likeness (QED) is 0.451. The molecule has 0 radical (unpaired) electrons. The zero-order valence-corrected chi connectivity index (χ0v) is 23.7. The van der Waals surface area contributed by atoms with Crippen molar-refractivity contribution in [1.82, 2.24) is 0 Å². The molecule has 0 aromatic carbocycles. The summed E-state index contributed by atoms with van der Waals surface area (Å²) in [6.07, 6.45) is 3.36. The fourth-order valence-corrected chi connectivity index (χ4v) is 10.9. The highest BCUT2D eigenvalue weighted by Gasteiger charge is 2.80. The Balaban J connectivity index is 1.55. The van der Waals surface area contributed by atoms with Crippen molar-refractivity contribution >= 4 is 5.78 Å². The third-order valence-electron chi connectivity index (χ3n) is 13.3. The Morgan fingerprint density at radius 1 is 1.00 bits per heavy atom. The van der Waals surface area contributed by atoms with Gasteiger partial charge in [-0.25, -0.2) is 0 Å². The summed E-state index contributed by atoms with van der Waals surface area (Å²) < 4.78 is 6.43. The number of ketones is 1. The fraction of sp³-hybridized carbons (Fsp3) is 0.967. The second-order valence-electron chi connectivity index (χ2n) is 15.4. The average molecular weight is 507 g/mol. The number of Topliss-reactive ketones (excluding diaryl/α,β-unsaturated/α-hetero) is 1. The molecular weight excluding hydrogens is 456 g/mol.